The number of aryl methyl sites for hydroxylation is 1. The molecule has 2 rings (SSSR count). The van der Waals surface area contributed by atoms with Crippen LogP contribution in [0.15, 0.2) is 23.1 Å². The Morgan fingerprint density at radius 2 is 2.31 bits per heavy atom. The van der Waals surface area contributed by atoms with E-state index in [-0.39, 0.29) is 0 Å². The molecule has 0 bridgehead atoms. The zero-order chi connectivity index (χ0) is 9.26. The monoisotopic (exact) mass is 194 g/mol. The molecule has 1 atom stereocenters. The van der Waals surface area contributed by atoms with E-state index in [2.05, 4.69) is 25.1 Å². The molecule has 2 heteroatoms. The van der Waals surface area contributed by atoms with Gasteiger partial charge >= 0.3 is 0 Å². The molecular weight excluding hydrogens is 180 g/mol. The molecule has 1 aromatic carbocycles. The normalized spacial score (nSPS) is 21.2. The van der Waals surface area contributed by atoms with Gasteiger partial charge in [0.05, 0.1) is 6.10 Å². The third kappa shape index (κ3) is 1.61. The molecule has 70 valence electrons. The van der Waals surface area contributed by atoms with Gasteiger partial charge in [-0.2, -0.15) is 0 Å². The number of thioether (sulfide) groups is 1. The predicted octanol–water partition coefficient (Wildman–Crippen LogP) is 3.18. The van der Waals surface area contributed by atoms with E-state index < -0.39 is 0 Å². The van der Waals surface area contributed by atoms with Gasteiger partial charge in [0.15, 0.2) is 0 Å². The van der Waals surface area contributed by atoms with Crippen molar-refractivity contribution in [1.82, 2.24) is 0 Å². The molecule has 1 aliphatic rings. The lowest BCUT2D eigenvalue weighted by molar-refractivity contribution is 0.0969. The Bertz CT molecular complexity index is 309. The highest BCUT2D eigenvalue weighted by Crippen LogP contribution is 2.39. The Balaban J connectivity index is 2.47. The molecule has 0 amide bonds. The van der Waals surface area contributed by atoms with Crippen LogP contribution in [0.1, 0.15) is 23.7 Å². The summed E-state index contributed by atoms with van der Waals surface area (Å²) in [6.07, 6.45) is 1.45. The lowest BCUT2D eigenvalue weighted by Crippen LogP contribution is -2.10. The molecule has 1 aromatic rings. The third-order valence-electron chi connectivity index (χ3n) is 2.53. The Labute approximate surface area is 83.5 Å². The van der Waals surface area contributed by atoms with E-state index in [1.807, 2.05) is 11.8 Å². The Hall–Kier alpha value is -0.470. The fraction of sp³-hybridized carbons (Fsp3) is 0.455. The fourth-order valence-corrected chi connectivity index (χ4v) is 3.02. The second-order valence-corrected chi connectivity index (χ2v) is 4.48. The maximum Gasteiger partial charge on any atom is 0.0842 e. The van der Waals surface area contributed by atoms with Gasteiger partial charge in [-0.15, -0.1) is 11.8 Å². The molecule has 0 fully saturated rings. The Kier molecular flexibility index (Phi) is 2.61. The largest absolute Gasteiger partial charge is 0.377 e. The molecule has 1 aliphatic heterocycles. The van der Waals surface area contributed by atoms with Crippen molar-refractivity contribution in [3.8, 4) is 0 Å². The summed E-state index contributed by atoms with van der Waals surface area (Å²) in [5.41, 5.74) is 2.76. The molecule has 0 N–H and O–H groups in total. The van der Waals surface area contributed by atoms with E-state index in [1.165, 1.54) is 21.8 Å². The summed E-state index contributed by atoms with van der Waals surface area (Å²) in [6, 6.07) is 6.48. The molecule has 13 heavy (non-hydrogen) atoms. The number of benzene rings is 1. The van der Waals surface area contributed by atoms with Gasteiger partial charge in [0, 0.05) is 17.8 Å². The first kappa shape index (κ1) is 9.10. The number of ether oxygens (including phenoxy) is 1. The summed E-state index contributed by atoms with van der Waals surface area (Å²) in [6.45, 7) is 2.16. The zero-order valence-corrected chi connectivity index (χ0v) is 8.86. The van der Waals surface area contributed by atoms with Gasteiger partial charge < -0.3 is 4.74 Å². The Morgan fingerprint density at radius 1 is 1.46 bits per heavy atom. The van der Waals surface area contributed by atoms with Crippen LogP contribution < -0.4 is 0 Å². The number of hydrogen-bond donors (Lipinski definition) is 0. The second-order valence-electron chi connectivity index (χ2n) is 3.35. The van der Waals surface area contributed by atoms with Crippen molar-refractivity contribution in [2.75, 3.05) is 12.9 Å². The van der Waals surface area contributed by atoms with Gasteiger partial charge in [0.25, 0.3) is 0 Å². The highest BCUT2D eigenvalue weighted by Gasteiger charge is 2.21. The van der Waals surface area contributed by atoms with Crippen molar-refractivity contribution in [1.29, 1.82) is 0 Å². The summed E-state index contributed by atoms with van der Waals surface area (Å²) in [4.78, 5) is 1.40. The topological polar surface area (TPSA) is 9.23 Å². The minimum absolute atomic E-state index is 0.317. The standard InChI is InChI=1S/C11H14OS/c1-8-4-3-5-10-11(8)9(12-2)6-7-13-10/h3-5,9H,6-7H2,1-2H3. The average molecular weight is 194 g/mol. The number of fused-ring (bicyclic) bond motifs is 1. The van der Waals surface area contributed by atoms with Gasteiger partial charge in [-0.3, -0.25) is 0 Å². The SMILES string of the molecule is COC1CCSc2cccc(C)c21. The summed E-state index contributed by atoms with van der Waals surface area (Å²) in [5, 5.41) is 0. The predicted molar refractivity (Wildman–Crippen MR) is 56.3 cm³/mol. The molecule has 0 saturated heterocycles. The van der Waals surface area contributed by atoms with Crippen LogP contribution in [0.5, 0.6) is 0 Å². The van der Waals surface area contributed by atoms with Crippen molar-refractivity contribution in [3.05, 3.63) is 29.3 Å². The summed E-state index contributed by atoms with van der Waals surface area (Å²) in [5.74, 6) is 1.18. The van der Waals surface area contributed by atoms with Crippen LogP contribution in [0.25, 0.3) is 0 Å². The van der Waals surface area contributed by atoms with Crippen molar-refractivity contribution >= 4 is 11.8 Å². The smallest absolute Gasteiger partial charge is 0.0842 e. The highest BCUT2D eigenvalue weighted by molar-refractivity contribution is 7.99. The summed E-state index contributed by atoms with van der Waals surface area (Å²) < 4.78 is 5.49. The molecule has 1 unspecified atom stereocenters. The highest BCUT2D eigenvalue weighted by atomic mass is 32.2. The summed E-state index contributed by atoms with van der Waals surface area (Å²) >= 11 is 1.94. The fourth-order valence-electron chi connectivity index (χ4n) is 1.85. The molecule has 1 heterocycles. The van der Waals surface area contributed by atoms with E-state index in [0.29, 0.717) is 6.10 Å². The van der Waals surface area contributed by atoms with Crippen LogP contribution in [-0.2, 0) is 4.74 Å². The van der Waals surface area contributed by atoms with Gasteiger partial charge in [0.1, 0.15) is 0 Å². The second kappa shape index (κ2) is 3.72. The quantitative estimate of drug-likeness (QED) is 0.679. The molecule has 1 nitrogen and oxygen atoms in total. The third-order valence-corrected chi connectivity index (χ3v) is 3.64. The van der Waals surface area contributed by atoms with E-state index in [4.69, 9.17) is 4.74 Å². The summed E-state index contributed by atoms with van der Waals surface area (Å²) in [7, 11) is 1.80. The number of rotatable bonds is 1. The molecule has 0 radical (unpaired) electrons. The first-order chi connectivity index (χ1) is 6.33. The van der Waals surface area contributed by atoms with Crippen LogP contribution in [0.4, 0.5) is 0 Å². The molecule has 0 spiro atoms. The minimum Gasteiger partial charge on any atom is -0.377 e. The molecule has 0 saturated carbocycles. The van der Waals surface area contributed by atoms with E-state index in [1.54, 1.807) is 7.11 Å². The van der Waals surface area contributed by atoms with Crippen LogP contribution in [0, 0.1) is 6.92 Å². The van der Waals surface area contributed by atoms with Gasteiger partial charge in [-0.1, -0.05) is 12.1 Å². The van der Waals surface area contributed by atoms with Crippen molar-refractivity contribution in [3.63, 3.8) is 0 Å². The van der Waals surface area contributed by atoms with Crippen LogP contribution >= 0.6 is 11.8 Å². The first-order valence-corrected chi connectivity index (χ1v) is 5.56. The minimum atomic E-state index is 0.317. The van der Waals surface area contributed by atoms with Crippen LogP contribution in [0.3, 0.4) is 0 Å². The average Bonchev–Trinajstić information content (AvgIpc) is 2.17. The first-order valence-electron chi connectivity index (χ1n) is 4.58. The Morgan fingerprint density at radius 3 is 3.08 bits per heavy atom. The maximum absolute atomic E-state index is 5.49. The lowest BCUT2D eigenvalue weighted by Gasteiger charge is -2.25. The zero-order valence-electron chi connectivity index (χ0n) is 8.04. The van der Waals surface area contributed by atoms with Crippen molar-refractivity contribution in [2.24, 2.45) is 0 Å². The molecule has 0 aliphatic carbocycles. The number of hydrogen-bond acceptors (Lipinski definition) is 2. The van der Waals surface area contributed by atoms with E-state index in [9.17, 15) is 0 Å². The molecule has 0 aromatic heterocycles. The molecular formula is C11H14OS. The van der Waals surface area contributed by atoms with Crippen LogP contribution in [0.2, 0.25) is 0 Å². The van der Waals surface area contributed by atoms with Gasteiger partial charge in [0.2, 0.25) is 0 Å². The van der Waals surface area contributed by atoms with E-state index in [0.717, 1.165) is 6.42 Å². The lowest BCUT2D eigenvalue weighted by atomic mass is 10.0. The van der Waals surface area contributed by atoms with Crippen molar-refractivity contribution in [2.45, 2.75) is 24.3 Å². The number of methoxy groups -OCH3 is 1. The van der Waals surface area contributed by atoms with Gasteiger partial charge in [-0.25, -0.2) is 0 Å². The maximum atomic E-state index is 5.49. The van der Waals surface area contributed by atoms with E-state index >= 15 is 0 Å². The van der Waals surface area contributed by atoms with Gasteiger partial charge in [-0.05, 0) is 30.5 Å². The van der Waals surface area contributed by atoms with Crippen LogP contribution in [-0.4, -0.2) is 12.9 Å². The van der Waals surface area contributed by atoms with Crippen molar-refractivity contribution < 1.29 is 4.74 Å².